The summed E-state index contributed by atoms with van der Waals surface area (Å²) in [7, 11) is 0. The van der Waals surface area contributed by atoms with Crippen molar-refractivity contribution in [3.8, 4) is 6.07 Å². The molecular weight excluding hydrogens is 358 g/mol. The Morgan fingerprint density at radius 3 is 2.24 bits per heavy atom. The predicted molar refractivity (Wildman–Crippen MR) is 117 cm³/mol. The van der Waals surface area contributed by atoms with Gasteiger partial charge in [-0.15, -0.1) is 0 Å². The number of benzene rings is 3. The van der Waals surface area contributed by atoms with Gasteiger partial charge < -0.3 is 10.6 Å². The van der Waals surface area contributed by atoms with Gasteiger partial charge in [0.15, 0.2) is 5.82 Å². The molecule has 0 aliphatic heterocycles. The molecule has 0 fully saturated rings. The second-order valence-electron chi connectivity index (χ2n) is 6.73. The van der Waals surface area contributed by atoms with Gasteiger partial charge >= 0.3 is 0 Å². The summed E-state index contributed by atoms with van der Waals surface area (Å²) in [4.78, 5) is 0. The van der Waals surface area contributed by atoms with Crippen molar-refractivity contribution in [2.75, 3.05) is 10.6 Å². The molecule has 0 amide bonds. The maximum atomic E-state index is 8.96. The summed E-state index contributed by atoms with van der Waals surface area (Å²) in [6, 6.07) is 30.3. The molecule has 5 nitrogen and oxygen atoms in total. The third-order valence-corrected chi connectivity index (χ3v) is 4.47. The van der Waals surface area contributed by atoms with Gasteiger partial charge in [0.1, 0.15) is 5.69 Å². The molecule has 0 saturated carbocycles. The highest BCUT2D eigenvalue weighted by atomic mass is 15.3. The lowest BCUT2D eigenvalue weighted by molar-refractivity contribution is 0.690. The number of rotatable bonds is 7. The molecule has 0 saturated heterocycles. The van der Waals surface area contributed by atoms with Crippen LogP contribution < -0.4 is 10.6 Å². The maximum Gasteiger partial charge on any atom is 0.176 e. The van der Waals surface area contributed by atoms with E-state index < -0.39 is 0 Å². The Balaban J connectivity index is 1.63. The smallest absolute Gasteiger partial charge is 0.176 e. The molecular formula is C24H21N5. The summed E-state index contributed by atoms with van der Waals surface area (Å²) >= 11 is 0. The van der Waals surface area contributed by atoms with Gasteiger partial charge in [-0.3, -0.25) is 4.68 Å². The predicted octanol–water partition coefficient (Wildman–Crippen LogP) is 5.48. The van der Waals surface area contributed by atoms with Crippen molar-refractivity contribution in [1.29, 1.82) is 5.26 Å². The second-order valence-corrected chi connectivity index (χ2v) is 6.73. The molecule has 0 aliphatic rings. The highest BCUT2D eigenvalue weighted by Crippen LogP contribution is 2.28. The van der Waals surface area contributed by atoms with E-state index >= 15 is 0 Å². The number of para-hydroxylation sites is 1. The van der Waals surface area contributed by atoms with Gasteiger partial charge in [-0.25, -0.2) is 0 Å². The highest BCUT2D eigenvalue weighted by molar-refractivity contribution is 5.75. The van der Waals surface area contributed by atoms with Crippen LogP contribution in [0.3, 0.4) is 0 Å². The standard InChI is InChI=1S/C24H21N5/c25-15-14-19-10-7-13-22(16-19)26-23-18-29(17-20-8-3-1-4-9-20)28-24(23)27-21-11-5-2-6-12-21/h1-13,16,18,26H,14,17H2,(H,27,28). The Labute approximate surface area is 170 Å². The van der Waals surface area contributed by atoms with Gasteiger partial charge in [0.2, 0.25) is 0 Å². The lowest BCUT2D eigenvalue weighted by Gasteiger charge is -2.09. The molecule has 4 aromatic rings. The topological polar surface area (TPSA) is 65.7 Å². The average Bonchev–Trinajstić information content (AvgIpc) is 3.10. The molecule has 0 bridgehead atoms. The first-order valence-corrected chi connectivity index (χ1v) is 9.46. The van der Waals surface area contributed by atoms with Crippen LogP contribution in [0.4, 0.5) is 22.9 Å². The zero-order valence-electron chi connectivity index (χ0n) is 15.9. The number of hydrogen-bond acceptors (Lipinski definition) is 4. The molecule has 0 atom stereocenters. The second kappa shape index (κ2) is 8.77. The van der Waals surface area contributed by atoms with E-state index in [2.05, 4.69) is 28.8 Å². The van der Waals surface area contributed by atoms with Crippen molar-refractivity contribution in [3.63, 3.8) is 0 Å². The Morgan fingerprint density at radius 1 is 0.793 bits per heavy atom. The molecule has 4 rings (SSSR count). The van der Waals surface area contributed by atoms with Gasteiger partial charge in [0.05, 0.1) is 25.2 Å². The Kier molecular flexibility index (Phi) is 5.54. The summed E-state index contributed by atoms with van der Waals surface area (Å²) in [6.07, 6.45) is 2.38. The first-order valence-electron chi connectivity index (χ1n) is 9.46. The van der Waals surface area contributed by atoms with Crippen LogP contribution in [0.15, 0.2) is 91.1 Å². The fraction of sp³-hybridized carbons (Fsp3) is 0.0833. The van der Waals surface area contributed by atoms with Crippen LogP contribution in [-0.2, 0) is 13.0 Å². The molecule has 0 spiro atoms. The lowest BCUT2D eigenvalue weighted by Crippen LogP contribution is -2.01. The minimum atomic E-state index is 0.387. The van der Waals surface area contributed by atoms with Gasteiger partial charge in [-0.05, 0) is 35.4 Å². The van der Waals surface area contributed by atoms with E-state index in [4.69, 9.17) is 10.4 Å². The quantitative estimate of drug-likeness (QED) is 0.446. The zero-order chi connectivity index (χ0) is 19.9. The minimum Gasteiger partial charge on any atom is -0.351 e. The summed E-state index contributed by atoms with van der Waals surface area (Å²) in [5, 5.41) is 20.5. The average molecular weight is 379 g/mol. The molecule has 142 valence electrons. The van der Waals surface area contributed by atoms with Crippen LogP contribution in [0.5, 0.6) is 0 Å². The number of nitriles is 1. The summed E-state index contributed by atoms with van der Waals surface area (Å²) in [5.74, 6) is 0.748. The minimum absolute atomic E-state index is 0.387. The monoisotopic (exact) mass is 379 g/mol. The summed E-state index contributed by atoms with van der Waals surface area (Å²) in [6.45, 7) is 0.681. The van der Waals surface area contributed by atoms with Crippen molar-refractivity contribution < 1.29 is 0 Å². The van der Waals surface area contributed by atoms with Crippen LogP contribution in [0.1, 0.15) is 11.1 Å². The molecule has 29 heavy (non-hydrogen) atoms. The van der Waals surface area contributed by atoms with Gasteiger partial charge in [-0.2, -0.15) is 10.4 Å². The van der Waals surface area contributed by atoms with Crippen LogP contribution in [0.2, 0.25) is 0 Å². The summed E-state index contributed by atoms with van der Waals surface area (Å²) < 4.78 is 1.92. The fourth-order valence-corrected chi connectivity index (χ4v) is 3.12. The van der Waals surface area contributed by atoms with Gasteiger partial charge in [0, 0.05) is 11.4 Å². The SMILES string of the molecule is N#CCc1cccc(Nc2cn(Cc3ccccc3)nc2Nc2ccccc2)c1. The first-order chi connectivity index (χ1) is 14.3. The van der Waals surface area contributed by atoms with Gasteiger partial charge in [-0.1, -0.05) is 60.7 Å². The Bertz CT molecular complexity index is 1110. The lowest BCUT2D eigenvalue weighted by atomic mass is 10.1. The van der Waals surface area contributed by atoms with Crippen molar-refractivity contribution in [3.05, 3.63) is 102 Å². The van der Waals surface area contributed by atoms with E-state index in [9.17, 15) is 0 Å². The van der Waals surface area contributed by atoms with Crippen molar-refractivity contribution in [1.82, 2.24) is 9.78 Å². The molecule has 0 aliphatic carbocycles. The molecule has 0 unspecified atom stereocenters. The van der Waals surface area contributed by atoms with Crippen LogP contribution in [0, 0.1) is 11.3 Å². The molecule has 1 heterocycles. The summed E-state index contributed by atoms with van der Waals surface area (Å²) in [5.41, 5.74) is 4.93. The largest absolute Gasteiger partial charge is 0.351 e. The van der Waals surface area contributed by atoms with E-state index in [0.29, 0.717) is 13.0 Å². The van der Waals surface area contributed by atoms with Crippen molar-refractivity contribution in [2.24, 2.45) is 0 Å². The van der Waals surface area contributed by atoms with Crippen LogP contribution in [0.25, 0.3) is 0 Å². The van der Waals surface area contributed by atoms with E-state index in [1.54, 1.807) is 0 Å². The molecule has 5 heteroatoms. The molecule has 1 aromatic heterocycles. The maximum absolute atomic E-state index is 8.96. The Morgan fingerprint density at radius 2 is 1.48 bits per heavy atom. The molecule has 0 radical (unpaired) electrons. The van der Waals surface area contributed by atoms with E-state index in [1.165, 1.54) is 5.56 Å². The molecule has 2 N–H and O–H groups in total. The number of nitrogens with zero attached hydrogens (tertiary/aromatic N) is 3. The zero-order valence-corrected chi connectivity index (χ0v) is 15.9. The van der Waals surface area contributed by atoms with Crippen LogP contribution in [-0.4, -0.2) is 9.78 Å². The van der Waals surface area contributed by atoms with Crippen LogP contribution >= 0.6 is 0 Å². The van der Waals surface area contributed by atoms with E-state index in [-0.39, 0.29) is 0 Å². The third-order valence-electron chi connectivity index (χ3n) is 4.47. The molecule has 3 aromatic carbocycles. The number of hydrogen-bond donors (Lipinski definition) is 2. The Hall–Kier alpha value is -4.04. The number of anilines is 4. The van der Waals surface area contributed by atoms with Gasteiger partial charge in [0.25, 0.3) is 0 Å². The van der Waals surface area contributed by atoms with Crippen molar-refractivity contribution in [2.45, 2.75) is 13.0 Å². The van der Waals surface area contributed by atoms with E-state index in [1.807, 2.05) is 83.7 Å². The normalized spacial score (nSPS) is 10.3. The number of aromatic nitrogens is 2. The van der Waals surface area contributed by atoms with Crippen molar-refractivity contribution >= 4 is 22.9 Å². The fourth-order valence-electron chi connectivity index (χ4n) is 3.12. The first kappa shape index (κ1) is 18.3. The third kappa shape index (κ3) is 4.82. The highest BCUT2D eigenvalue weighted by Gasteiger charge is 2.11. The number of nitrogens with one attached hydrogen (secondary N) is 2. The van der Waals surface area contributed by atoms with E-state index in [0.717, 1.165) is 28.4 Å².